The molecule has 164 valence electrons. The van der Waals surface area contributed by atoms with Crippen LogP contribution in [0.1, 0.15) is 27.3 Å². The highest BCUT2D eigenvalue weighted by atomic mass is 35.5. The van der Waals surface area contributed by atoms with E-state index in [1.165, 1.54) is 0 Å². The molecule has 1 aliphatic heterocycles. The molecule has 0 aliphatic carbocycles. The number of aromatic nitrogens is 4. The molecule has 2 aromatic heterocycles. The molecule has 0 atom stereocenters. The summed E-state index contributed by atoms with van der Waals surface area (Å²) in [4.78, 5) is 27.5. The molecule has 0 saturated carbocycles. The SMILES string of the molecule is Cn1nc(Cn2ccnc2)c2c1CN(C(=O)c1ccc(Cl)cc1)C2.O=C(O)C(F)(F)F. The number of aryl methyl sites for hydroxylation is 1. The first kappa shape index (κ1) is 22.3. The van der Waals surface area contributed by atoms with Gasteiger partial charge in [0, 0.05) is 35.6 Å². The molecular formula is C19H17ClF3N5O3. The van der Waals surface area contributed by atoms with E-state index in [1.807, 2.05) is 27.4 Å². The van der Waals surface area contributed by atoms with Crippen molar-refractivity contribution >= 4 is 23.5 Å². The maximum Gasteiger partial charge on any atom is 0.490 e. The number of aliphatic carboxylic acids is 1. The van der Waals surface area contributed by atoms with Crippen LogP contribution >= 0.6 is 11.6 Å². The normalized spacial score (nSPS) is 12.9. The van der Waals surface area contributed by atoms with Crippen molar-refractivity contribution in [3.05, 3.63) is 70.5 Å². The van der Waals surface area contributed by atoms with Crippen LogP contribution < -0.4 is 0 Å². The second-order valence-corrected chi connectivity index (χ2v) is 7.14. The zero-order chi connectivity index (χ0) is 22.8. The number of fused-ring (bicyclic) bond motifs is 1. The third kappa shape index (κ3) is 5.23. The van der Waals surface area contributed by atoms with E-state index in [-0.39, 0.29) is 5.91 Å². The van der Waals surface area contributed by atoms with Crippen molar-refractivity contribution < 1.29 is 27.9 Å². The molecule has 8 nitrogen and oxygen atoms in total. The highest BCUT2D eigenvalue weighted by molar-refractivity contribution is 6.30. The molecule has 0 unspecified atom stereocenters. The van der Waals surface area contributed by atoms with Gasteiger partial charge < -0.3 is 14.6 Å². The quantitative estimate of drug-likeness (QED) is 0.655. The van der Waals surface area contributed by atoms with Gasteiger partial charge in [-0.25, -0.2) is 9.78 Å². The van der Waals surface area contributed by atoms with Crippen molar-refractivity contribution in [1.82, 2.24) is 24.2 Å². The number of halogens is 4. The van der Waals surface area contributed by atoms with Crippen LogP contribution in [0.3, 0.4) is 0 Å². The molecule has 31 heavy (non-hydrogen) atoms. The van der Waals surface area contributed by atoms with Crippen LogP contribution in [0.4, 0.5) is 13.2 Å². The number of alkyl halides is 3. The van der Waals surface area contributed by atoms with Gasteiger partial charge in [0.25, 0.3) is 5.91 Å². The van der Waals surface area contributed by atoms with E-state index in [2.05, 4.69) is 10.1 Å². The number of hydrogen-bond donors (Lipinski definition) is 1. The van der Waals surface area contributed by atoms with Crippen molar-refractivity contribution in [3.63, 3.8) is 0 Å². The summed E-state index contributed by atoms with van der Waals surface area (Å²) >= 11 is 5.90. The number of carboxylic acids is 1. The van der Waals surface area contributed by atoms with Gasteiger partial charge in [-0.3, -0.25) is 9.48 Å². The lowest BCUT2D eigenvalue weighted by Crippen LogP contribution is -2.26. The van der Waals surface area contributed by atoms with E-state index < -0.39 is 12.1 Å². The number of benzene rings is 1. The maximum absolute atomic E-state index is 12.7. The Labute approximate surface area is 179 Å². The summed E-state index contributed by atoms with van der Waals surface area (Å²) in [5.74, 6) is -2.75. The minimum Gasteiger partial charge on any atom is -0.475 e. The number of rotatable bonds is 3. The van der Waals surface area contributed by atoms with E-state index >= 15 is 0 Å². The highest BCUT2D eigenvalue weighted by Gasteiger charge is 2.38. The molecule has 1 amide bonds. The number of hydrogen-bond acceptors (Lipinski definition) is 4. The summed E-state index contributed by atoms with van der Waals surface area (Å²) < 4.78 is 35.6. The van der Waals surface area contributed by atoms with Crippen molar-refractivity contribution in [3.8, 4) is 0 Å². The minimum atomic E-state index is -5.08. The van der Waals surface area contributed by atoms with Crippen molar-refractivity contribution in [2.45, 2.75) is 25.8 Å². The van der Waals surface area contributed by atoms with E-state index in [0.29, 0.717) is 30.2 Å². The summed E-state index contributed by atoms with van der Waals surface area (Å²) in [7, 11) is 1.92. The summed E-state index contributed by atoms with van der Waals surface area (Å²) in [6.07, 6.45) is 0.346. The zero-order valence-electron chi connectivity index (χ0n) is 16.2. The number of carboxylic acid groups (broad SMARTS) is 1. The first-order valence-electron chi connectivity index (χ1n) is 8.90. The van der Waals surface area contributed by atoms with Crippen LogP contribution in [0, 0.1) is 0 Å². The van der Waals surface area contributed by atoms with Gasteiger partial charge in [0.1, 0.15) is 0 Å². The van der Waals surface area contributed by atoms with Gasteiger partial charge in [-0.1, -0.05) is 11.6 Å². The fourth-order valence-corrected chi connectivity index (χ4v) is 3.20. The number of carbonyl (C=O) groups excluding carboxylic acids is 1. The van der Waals surface area contributed by atoms with Crippen molar-refractivity contribution in [1.29, 1.82) is 0 Å². The van der Waals surface area contributed by atoms with Gasteiger partial charge in [0.2, 0.25) is 0 Å². The molecule has 12 heteroatoms. The average molecular weight is 456 g/mol. The molecule has 1 N–H and O–H groups in total. The molecule has 0 bridgehead atoms. The fraction of sp³-hybridized carbons (Fsp3) is 0.263. The Hall–Kier alpha value is -3.34. The van der Waals surface area contributed by atoms with Crippen LogP contribution in [-0.4, -0.2) is 47.4 Å². The number of amides is 1. The predicted octanol–water partition coefficient (Wildman–Crippen LogP) is 3.11. The Morgan fingerprint density at radius 2 is 1.84 bits per heavy atom. The molecule has 1 aliphatic rings. The largest absolute Gasteiger partial charge is 0.490 e. The van der Waals surface area contributed by atoms with Gasteiger partial charge in [0.15, 0.2) is 0 Å². The molecule has 0 radical (unpaired) electrons. The molecule has 3 aromatic rings. The first-order chi connectivity index (χ1) is 14.6. The van der Waals surface area contributed by atoms with Gasteiger partial charge in [-0.15, -0.1) is 0 Å². The van der Waals surface area contributed by atoms with E-state index in [9.17, 15) is 18.0 Å². The summed E-state index contributed by atoms with van der Waals surface area (Å²) in [5.41, 5.74) is 3.86. The lowest BCUT2D eigenvalue weighted by atomic mass is 10.2. The van der Waals surface area contributed by atoms with Gasteiger partial charge in [0.05, 0.1) is 37.3 Å². The third-order valence-electron chi connectivity index (χ3n) is 4.56. The monoisotopic (exact) mass is 455 g/mol. The lowest BCUT2D eigenvalue weighted by molar-refractivity contribution is -0.192. The minimum absolute atomic E-state index is 0.0106. The molecular weight excluding hydrogens is 439 g/mol. The highest BCUT2D eigenvalue weighted by Crippen LogP contribution is 2.27. The van der Waals surface area contributed by atoms with Gasteiger partial charge >= 0.3 is 12.1 Å². The molecule has 4 rings (SSSR count). The standard InChI is InChI=1S/C17H16ClN5O.C2HF3O2/c1-21-16-10-23(17(24)12-2-4-13(18)5-3-12)8-14(16)15(20-21)9-22-7-6-19-11-22;3-2(4,5)1(6)7/h2-7,11H,8-10H2,1H3;(H,6,7). The van der Waals surface area contributed by atoms with Crippen LogP contribution in [0.15, 0.2) is 43.0 Å². The molecule has 0 saturated heterocycles. The van der Waals surface area contributed by atoms with Gasteiger partial charge in [-0.05, 0) is 24.3 Å². The zero-order valence-corrected chi connectivity index (χ0v) is 16.9. The molecule has 3 heterocycles. The molecule has 1 aromatic carbocycles. The summed E-state index contributed by atoms with van der Waals surface area (Å²) in [6, 6.07) is 7.00. The predicted molar refractivity (Wildman–Crippen MR) is 103 cm³/mol. The average Bonchev–Trinajstić information content (AvgIpc) is 3.42. The Morgan fingerprint density at radius 3 is 2.39 bits per heavy atom. The Morgan fingerprint density at radius 1 is 1.19 bits per heavy atom. The topological polar surface area (TPSA) is 93.3 Å². The van der Waals surface area contributed by atoms with Crippen LogP contribution in [0.2, 0.25) is 5.02 Å². The number of nitrogens with zero attached hydrogens (tertiary/aromatic N) is 5. The van der Waals surface area contributed by atoms with Crippen LogP contribution in [0.25, 0.3) is 0 Å². The summed E-state index contributed by atoms with van der Waals surface area (Å²) in [5, 5.41) is 12.4. The van der Waals surface area contributed by atoms with Crippen molar-refractivity contribution in [2.24, 2.45) is 7.05 Å². The lowest BCUT2D eigenvalue weighted by Gasteiger charge is -2.16. The smallest absolute Gasteiger partial charge is 0.475 e. The van der Waals surface area contributed by atoms with Crippen LogP contribution in [-0.2, 0) is 31.5 Å². The second kappa shape index (κ2) is 8.80. The Bertz CT molecular complexity index is 1080. The number of carbonyl (C=O) groups is 2. The molecule has 0 fully saturated rings. The Kier molecular flexibility index (Phi) is 6.34. The Balaban J connectivity index is 0.000000339. The maximum atomic E-state index is 12.7. The first-order valence-corrected chi connectivity index (χ1v) is 9.28. The van der Waals surface area contributed by atoms with Crippen LogP contribution in [0.5, 0.6) is 0 Å². The summed E-state index contributed by atoms with van der Waals surface area (Å²) in [6.45, 7) is 1.81. The van der Waals surface area contributed by atoms with Crippen molar-refractivity contribution in [2.75, 3.05) is 0 Å². The van der Waals surface area contributed by atoms with E-state index in [0.717, 1.165) is 17.0 Å². The van der Waals surface area contributed by atoms with E-state index in [4.69, 9.17) is 21.5 Å². The fourth-order valence-electron chi connectivity index (χ4n) is 3.07. The number of imidazole rings is 1. The second-order valence-electron chi connectivity index (χ2n) is 6.70. The van der Waals surface area contributed by atoms with E-state index in [1.54, 1.807) is 36.8 Å². The van der Waals surface area contributed by atoms with Gasteiger partial charge in [-0.2, -0.15) is 18.3 Å². The third-order valence-corrected chi connectivity index (χ3v) is 4.81. The molecule has 0 spiro atoms.